The molecule has 0 fully saturated rings. The first-order valence-electron chi connectivity index (χ1n) is 47.5. The van der Waals surface area contributed by atoms with Crippen molar-refractivity contribution in [2.75, 3.05) is 11.9 Å². The first-order chi connectivity index (χ1) is 62.2. The lowest BCUT2D eigenvalue weighted by Gasteiger charge is -2.32. The van der Waals surface area contributed by atoms with Gasteiger partial charge in [-0.3, -0.25) is 15.0 Å². The number of hydrogen-bond donors (Lipinski definition) is 0. The molecule has 1 aliphatic heterocycles. The predicted molar refractivity (Wildman–Crippen MR) is 577 cm³/mol. The third kappa shape index (κ3) is 24.9. The minimum Gasteiger partial charge on any atom is -0.350 e. The fourth-order valence-corrected chi connectivity index (χ4v) is 17.8. The summed E-state index contributed by atoms with van der Waals surface area (Å²) < 4.78 is 0. The monoisotopic (exact) mass is 1700 g/mol. The number of fused-ring (bicyclic) bond motifs is 8. The molecular formula is C124H150N4. The van der Waals surface area contributed by atoms with Crippen LogP contribution in [0.2, 0.25) is 0 Å². The van der Waals surface area contributed by atoms with Crippen LogP contribution < -0.4 is 4.90 Å². The van der Waals surface area contributed by atoms with Gasteiger partial charge in [0.25, 0.3) is 0 Å². The Kier molecular flexibility index (Phi) is 43.0. The number of aromatic nitrogens is 3. The van der Waals surface area contributed by atoms with Crippen LogP contribution in [0.15, 0.2) is 354 Å². The van der Waals surface area contributed by atoms with E-state index in [-0.39, 0.29) is 0 Å². The van der Waals surface area contributed by atoms with Gasteiger partial charge in [0, 0.05) is 77.1 Å². The molecule has 0 spiro atoms. The van der Waals surface area contributed by atoms with E-state index in [1.807, 2.05) is 142 Å². The van der Waals surface area contributed by atoms with E-state index in [1.54, 1.807) is 11.1 Å². The molecule has 14 aromatic rings. The second kappa shape index (κ2) is 52.7. The lowest BCUT2D eigenvalue weighted by molar-refractivity contribution is 0.843. The highest BCUT2D eigenvalue weighted by atomic mass is 15.1. The first-order valence-corrected chi connectivity index (χ1v) is 47.5. The largest absolute Gasteiger partial charge is 0.350 e. The Morgan fingerprint density at radius 3 is 1.41 bits per heavy atom. The molecule has 0 radical (unpaired) electrons. The van der Waals surface area contributed by atoms with Gasteiger partial charge in [-0.1, -0.05) is 359 Å². The van der Waals surface area contributed by atoms with Gasteiger partial charge in [0.1, 0.15) is 0 Å². The number of allylic oxidation sites excluding steroid dienone is 22. The maximum Gasteiger partial charge on any atom is 0.0707 e. The van der Waals surface area contributed by atoms with E-state index >= 15 is 0 Å². The SMILES string of the molecule is CC.CC.CC.CC.CC.CC.CC.CC.CC1=CC=C2C=CC=C3C=CC(C)=C1C32.CC1=CC=C2CC=C3C=CC(C)=C1C32.Cc1ccc2cccc3c2c1N(C)C=C3.Cc1cccc2c1c(C)cc1ccccc12.Cc1cccc2cc3ccccc3c(C)c12.Cc1cccc2ccnc(C)c12.Cc1cccc2cncc(C)c12.Cc1cccc2nccc(C)c12. The molecule has 4 nitrogen and oxygen atoms in total. The van der Waals surface area contributed by atoms with E-state index in [2.05, 4.69) is 404 Å². The molecule has 128 heavy (non-hydrogen) atoms. The fourth-order valence-electron chi connectivity index (χ4n) is 17.8. The Balaban J connectivity index is 0.000000221. The Morgan fingerprint density at radius 1 is 0.305 bits per heavy atom. The summed E-state index contributed by atoms with van der Waals surface area (Å²) in [5, 5.41) is 20.0. The summed E-state index contributed by atoms with van der Waals surface area (Å²) in [7, 11) is 2.11. The number of benzene rings is 11. The molecule has 21 rings (SSSR count). The van der Waals surface area contributed by atoms with Crippen molar-refractivity contribution in [3.8, 4) is 0 Å². The van der Waals surface area contributed by atoms with E-state index in [0.717, 1.165) is 17.6 Å². The Labute approximate surface area is 773 Å². The minimum atomic E-state index is 0.505. The third-order valence-electron chi connectivity index (χ3n) is 23.2. The minimum absolute atomic E-state index is 0.505. The van der Waals surface area contributed by atoms with Crippen LogP contribution in [0, 0.1) is 88.0 Å². The van der Waals surface area contributed by atoms with Crippen LogP contribution in [0.5, 0.6) is 0 Å². The lowest BCUT2D eigenvalue weighted by Crippen LogP contribution is -2.18. The summed E-state index contributed by atoms with van der Waals surface area (Å²) in [5.74, 6) is 1.11. The van der Waals surface area contributed by atoms with Crippen LogP contribution in [0.1, 0.15) is 212 Å². The summed E-state index contributed by atoms with van der Waals surface area (Å²) in [4.78, 5) is 14.9. The maximum absolute atomic E-state index is 4.30. The van der Waals surface area contributed by atoms with Crippen LogP contribution in [0.3, 0.4) is 0 Å². The molecule has 666 valence electrons. The number of rotatable bonds is 0. The molecule has 0 amide bonds. The molecule has 4 heterocycles. The molecule has 0 N–H and O–H groups in total. The molecule has 0 saturated carbocycles. The number of hydrogen-bond acceptors (Lipinski definition) is 4. The normalized spacial score (nSPS) is 14.0. The summed E-state index contributed by atoms with van der Waals surface area (Å²) in [6.07, 6.45) is 40.0. The summed E-state index contributed by atoms with van der Waals surface area (Å²) in [5.41, 5.74) is 32.9. The van der Waals surface area contributed by atoms with Crippen molar-refractivity contribution in [3.63, 3.8) is 0 Å². The van der Waals surface area contributed by atoms with Crippen molar-refractivity contribution in [2.24, 2.45) is 11.8 Å². The number of anilines is 1. The zero-order chi connectivity index (χ0) is 94.4. The van der Waals surface area contributed by atoms with Crippen LogP contribution in [-0.2, 0) is 0 Å². The maximum atomic E-state index is 4.30. The zero-order valence-electron chi connectivity index (χ0n) is 84.0. The van der Waals surface area contributed by atoms with Crippen molar-refractivity contribution < 1.29 is 0 Å². The highest BCUT2D eigenvalue weighted by Gasteiger charge is 2.32. The second-order valence-corrected chi connectivity index (χ2v) is 31.0. The summed E-state index contributed by atoms with van der Waals surface area (Å²) in [6.45, 7) is 64.5. The lowest BCUT2D eigenvalue weighted by atomic mass is 9.72. The van der Waals surface area contributed by atoms with Crippen LogP contribution in [0.4, 0.5) is 5.69 Å². The average Bonchev–Trinajstić information content (AvgIpc) is 1.73. The molecule has 7 aliphatic rings. The van der Waals surface area contributed by atoms with Crippen LogP contribution >= 0.6 is 0 Å². The van der Waals surface area contributed by atoms with Gasteiger partial charge in [-0.05, 0) is 311 Å². The highest BCUT2D eigenvalue weighted by molar-refractivity contribution is 6.10. The Morgan fingerprint density at radius 2 is 0.789 bits per heavy atom. The average molecular weight is 1700 g/mol. The van der Waals surface area contributed by atoms with Gasteiger partial charge < -0.3 is 4.90 Å². The van der Waals surface area contributed by atoms with Gasteiger partial charge in [-0.2, -0.15) is 0 Å². The molecule has 0 saturated heterocycles. The molecule has 3 aromatic heterocycles. The molecule has 4 heteroatoms. The van der Waals surface area contributed by atoms with Gasteiger partial charge in [0.2, 0.25) is 0 Å². The molecule has 6 aliphatic carbocycles. The van der Waals surface area contributed by atoms with Gasteiger partial charge in [-0.25, -0.2) is 0 Å². The predicted octanol–water partition coefficient (Wildman–Crippen LogP) is 37.1. The van der Waals surface area contributed by atoms with E-state index in [9.17, 15) is 0 Å². The van der Waals surface area contributed by atoms with E-state index in [4.69, 9.17) is 0 Å². The quantitative estimate of drug-likeness (QED) is 0.112. The van der Waals surface area contributed by atoms with Crippen molar-refractivity contribution in [1.29, 1.82) is 0 Å². The summed E-state index contributed by atoms with van der Waals surface area (Å²) >= 11 is 0. The number of nitrogens with zero attached hydrogens (tertiary/aromatic N) is 4. The van der Waals surface area contributed by atoms with E-state index < -0.39 is 0 Å². The van der Waals surface area contributed by atoms with Gasteiger partial charge in [0.15, 0.2) is 0 Å². The molecule has 11 aromatic carbocycles. The summed E-state index contributed by atoms with van der Waals surface area (Å²) in [6, 6.07) is 68.6. The smallest absolute Gasteiger partial charge is 0.0707 e. The van der Waals surface area contributed by atoms with Gasteiger partial charge in [0.05, 0.1) is 11.2 Å². The topological polar surface area (TPSA) is 41.9 Å². The fraction of sp³-hybridized carbons (Fsp3) is 0.282. The number of pyridine rings is 3. The van der Waals surface area contributed by atoms with Crippen molar-refractivity contribution in [1.82, 2.24) is 15.0 Å². The van der Waals surface area contributed by atoms with Gasteiger partial charge >= 0.3 is 0 Å². The molecule has 2 atom stereocenters. The van der Waals surface area contributed by atoms with E-state index in [0.29, 0.717) is 11.8 Å². The first kappa shape index (κ1) is 104. The molecular weight excluding hydrogens is 1550 g/mol. The van der Waals surface area contributed by atoms with E-state index in [1.165, 1.54) is 192 Å². The standard InChI is InChI=1S/2C16H14.C15H14.C14H13N.C14H14.3C11H11N.8C2H6/c1-11-6-5-8-14-10-13-7-3-4-9-15(13)12(2)16(11)14;1-11-6-5-9-15-14-8-4-3-7-13(14)10-12(2)16(11)15;1-10-6-8-12-4-3-5-13-9-7-11(2)14(10)15(12)13;1-10-6-7-11-4-3-5-12-8-9-15(2)14(10)13(11)12;1-9-3-5-11-7-8-12-6-4-10(2)13(9)14(11)12;1-8-4-3-5-10-7-12-6-9(2)11(8)10;1-8-4-3-5-10-6-7-12-9(2)11(8)10;1-8-4-3-5-10-11(8)9(2)6-7-12-10;8*1-2/h2*3-10H,1-2H3;3-9,15H,1-2H3;3-9H,1-2H3;3-7,14H,8H2,1-2H3;3*3-7H,1-2H3;8*1-2H3. The van der Waals surface area contributed by atoms with Crippen molar-refractivity contribution >= 4 is 98.1 Å². The van der Waals surface area contributed by atoms with Gasteiger partial charge in [-0.15, -0.1) is 0 Å². The Bertz CT molecular complexity index is 6150. The second-order valence-electron chi connectivity index (χ2n) is 31.0. The van der Waals surface area contributed by atoms with Crippen molar-refractivity contribution in [3.05, 3.63) is 421 Å². The molecule has 2 unspecified atom stereocenters. The van der Waals surface area contributed by atoms with Crippen LogP contribution in [-0.4, -0.2) is 22.0 Å². The highest BCUT2D eigenvalue weighted by Crippen LogP contribution is 2.47. The zero-order valence-corrected chi connectivity index (χ0v) is 84.0. The van der Waals surface area contributed by atoms with Crippen LogP contribution in [0.25, 0.3) is 92.4 Å². The number of aryl methyl sites for hydroxylation is 11. The third-order valence-corrected chi connectivity index (χ3v) is 23.2. The Hall–Kier alpha value is -12.4. The van der Waals surface area contributed by atoms with Crippen molar-refractivity contribution in [2.45, 2.75) is 221 Å². The molecule has 0 bridgehead atoms.